The Hall–Kier alpha value is -2.44. The number of anilines is 1. The third kappa shape index (κ3) is 2.86. The number of likely N-dealkylation sites (tertiary alicyclic amines) is 1. The number of amides is 1. The molecule has 3 atom stereocenters. The van der Waals surface area contributed by atoms with Crippen LogP contribution in [0, 0.1) is 18.8 Å². The zero-order valence-corrected chi connectivity index (χ0v) is 13.8. The summed E-state index contributed by atoms with van der Waals surface area (Å²) < 4.78 is 1.91. The van der Waals surface area contributed by atoms with Gasteiger partial charge < -0.3 is 14.8 Å². The van der Waals surface area contributed by atoms with Gasteiger partial charge in [-0.25, -0.2) is 9.97 Å². The van der Waals surface area contributed by atoms with Gasteiger partial charge in [-0.05, 0) is 25.7 Å². The number of hydrogen-bond donors (Lipinski definition) is 1. The van der Waals surface area contributed by atoms with E-state index >= 15 is 0 Å². The van der Waals surface area contributed by atoms with Gasteiger partial charge in [0.2, 0.25) is 5.91 Å². The van der Waals surface area contributed by atoms with Crippen molar-refractivity contribution in [2.75, 3.05) is 18.4 Å². The molecule has 0 spiro atoms. The average Bonchev–Trinajstić information content (AvgIpc) is 3.27. The smallest absolute Gasteiger partial charge is 0.242 e. The number of rotatable bonds is 4. The molecule has 0 radical (unpaired) electrons. The number of carbonyl (C=O) groups excluding carboxylic acids is 1. The van der Waals surface area contributed by atoms with Crippen molar-refractivity contribution in [1.82, 2.24) is 24.4 Å². The minimum absolute atomic E-state index is 0.184. The Morgan fingerprint density at radius 3 is 2.92 bits per heavy atom. The van der Waals surface area contributed by atoms with E-state index in [9.17, 15) is 4.79 Å². The average molecular weight is 326 g/mol. The molecule has 1 aliphatic carbocycles. The summed E-state index contributed by atoms with van der Waals surface area (Å²) in [7, 11) is 0. The van der Waals surface area contributed by atoms with E-state index in [4.69, 9.17) is 0 Å². The van der Waals surface area contributed by atoms with E-state index in [0.29, 0.717) is 24.4 Å². The first kappa shape index (κ1) is 15.1. The van der Waals surface area contributed by atoms with Crippen molar-refractivity contribution in [3.63, 3.8) is 0 Å². The summed E-state index contributed by atoms with van der Waals surface area (Å²) >= 11 is 0. The van der Waals surface area contributed by atoms with Gasteiger partial charge in [0, 0.05) is 49.8 Å². The highest BCUT2D eigenvalue weighted by molar-refractivity contribution is 5.76. The molecule has 2 aliphatic rings. The SMILES string of the molecule is Cc1nccn1CC(=O)N1C[C@H]2CC[C@@H](Nc3cnccn3)[C@H]2C1. The second kappa shape index (κ2) is 6.22. The Labute approximate surface area is 141 Å². The summed E-state index contributed by atoms with van der Waals surface area (Å²) in [5.41, 5.74) is 0. The summed E-state index contributed by atoms with van der Waals surface area (Å²) in [5.74, 6) is 2.97. The Bertz CT molecular complexity index is 715. The molecule has 1 amide bonds. The van der Waals surface area contributed by atoms with Crippen LogP contribution in [0.5, 0.6) is 0 Å². The molecule has 0 bridgehead atoms. The van der Waals surface area contributed by atoms with Crippen LogP contribution in [-0.4, -0.2) is 49.5 Å². The molecule has 24 heavy (non-hydrogen) atoms. The maximum atomic E-state index is 12.6. The fourth-order valence-corrected chi connectivity index (χ4v) is 4.03. The maximum absolute atomic E-state index is 12.6. The van der Waals surface area contributed by atoms with Gasteiger partial charge in [-0.15, -0.1) is 0 Å². The quantitative estimate of drug-likeness (QED) is 0.917. The molecule has 0 aromatic carbocycles. The fraction of sp³-hybridized carbons (Fsp3) is 0.529. The lowest BCUT2D eigenvalue weighted by Gasteiger charge is -2.22. The number of fused-ring (bicyclic) bond motifs is 1. The topological polar surface area (TPSA) is 75.9 Å². The maximum Gasteiger partial charge on any atom is 0.242 e. The number of nitrogens with zero attached hydrogens (tertiary/aromatic N) is 5. The highest BCUT2D eigenvalue weighted by Crippen LogP contribution is 2.39. The van der Waals surface area contributed by atoms with E-state index < -0.39 is 0 Å². The van der Waals surface area contributed by atoms with Crippen LogP contribution in [0.25, 0.3) is 0 Å². The number of hydrogen-bond acceptors (Lipinski definition) is 5. The van der Waals surface area contributed by atoms with Crippen molar-refractivity contribution < 1.29 is 4.79 Å². The van der Waals surface area contributed by atoms with Gasteiger partial charge in [0.25, 0.3) is 0 Å². The second-order valence-corrected chi connectivity index (χ2v) is 6.74. The van der Waals surface area contributed by atoms with E-state index in [2.05, 4.69) is 20.3 Å². The van der Waals surface area contributed by atoms with E-state index in [1.165, 1.54) is 0 Å². The normalized spacial score (nSPS) is 25.7. The lowest BCUT2D eigenvalue weighted by Crippen LogP contribution is -2.35. The third-order valence-electron chi connectivity index (χ3n) is 5.34. The molecule has 7 nitrogen and oxygen atoms in total. The number of aromatic nitrogens is 4. The fourth-order valence-electron chi connectivity index (χ4n) is 4.03. The molecule has 2 aromatic rings. The number of carbonyl (C=O) groups is 1. The molecule has 1 N–H and O–H groups in total. The first-order valence-corrected chi connectivity index (χ1v) is 8.49. The van der Waals surface area contributed by atoms with Gasteiger partial charge in [0.15, 0.2) is 0 Å². The van der Waals surface area contributed by atoms with Gasteiger partial charge in [-0.1, -0.05) is 0 Å². The molecular weight excluding hydrogens is 304 g/mol. The first-order chi connectivity index (χ1) is 11.7. The Morgan fingerprint density at radius 1 is 1.25 bits per heavy atom. The summed E-state index contributed by atoms with van der Waals surface area (Å²) in [6.07, 6.45) is 11.0. The summed E-state index contributed by atoms with van der Waals surface area (Å²) in [5, 5.41) is 3.50. The Morgan fingerprint density at radius 2 is 2.17 bits per heavy atom. The second-order valence-electron chi connectivity index (χ2n) is 6.74. The van der Waals surface area contributed by atoms with Crippen molar-refractivity contribution in [2.45, 2.75) is 32.4 Å². The molecular formula is C17H22N6O. The largest absolute Gasteiger partial charge is 0.366 e. The van der Waals surface area contributed by atoms with Gasteiger partial charge in [-0.2, -0.15) is 0 Å². The van der Waals surface area contributed by atoms with Crippen molar-refractivity contribution in [2.24, 2.45) is 11.8 Å². The molecule has 2 fully saturated rings. The van der Waals surface area contributed by atoms with Gasteiger partial charge in [0.05, 0.1) is 6.20 Å². The number of aryl methyl sites for hydroxylation is 1. The zero-order chi connectivity index (χ0) is 16.5. The monoisotopic (exact) mass is 326 g/mol. The zero-order valence-electron chi connectivity index (χ0n) is 13.8. The Balaban J connectivity index is 1.38. The van der Waals surface area contributed by atoms with E-state index in [1.54, 1.807) is 24.8 Å². The molecule has 2 aromatic heterocycles. The van der Waals surface area contributed by atoms with Crippen LogP contribution < -0.4 is 5.32 Å². The summed E-state index contributed by atoms with van der Waals surface area (Å²) in [4.78, 5) is 27.2. The van der Waals surface area contributed by atoms with Crippen LogP contribution in [0.1, 0.15) is 18.7 Å². The van der Waals surface area contributed by atoms with E-state index in [1.807, 2.05) is 22.6 Å². The predicted octanol–water partition coefficient (Wildman–Crippen LogP) is 1.33. The van der Waals surface area contributed by atoms with Gasteiger partial charge >= 0.3 is 0 Å². The third-order valence-corrected chi connectivity index (χ3v) is 5.34. The molecule has 7 heteroatoms. The van der Waals surface area contributed by atoms with Crippen molar-refractivity contribution in [3.05, 3.63) is 36.8 Å². The van der Waals surface area contributed by atoms with Crippen molar-refractivity contribution >= 4 is 11.7 Å². The van der Waals surface area contributed by atoms with Crippen LogP contribution in [0.15, 0.2) is 31.0 Å². The van der Waals surface area contributed by atoms with Crippen LogP contribution in [0.4, 0.5) is 5.82 Å². The molecule has 3 heterocycles. The highest BCUT2D eigenvalue weighted by Gasteiger charge is 2.44. The summed E-state index contributed by atoms with van der Waals surface area (Å²) in [6, 6.07) is 0.375. The lowest BCUT2D eigenvalue weighted by molar-refractivity contribution is -0.131. The number of imidazole rings is 1. The van der Waals surface area contributed by atoms with E-state index in [0.717, 1.165) is 37.6 Å². The minimum atomic E-state index is 0.184. The first-order valence-electron chi connectivity index (χ1n) is 8.49. The van der Waals surface area contributed by atoms with Gasteiger partial charge in [-0.3, -0.25) is 9.78 Å². The van der Waals surface area contributed by atoms with Crippen LogP contribution in [-0.2, 0) is 11.3 Å². The van der Waals surface area contributed by atoms with E-state index in [-0.39, 0.29) is 5.91 Å². The number of nitrogens with one attached hydrogen (secondary N) is 1. The Kier molecular flexibility index (Phi) is 3.92. The van der Waals surface area contributed by atoms with Crippen LogP contribution >= 0.6 is 0 Å². The van der Waals surface area contributed by atoms with Crippen LogP contribution in [0.2, 0.25) is 0 Å². The molecule has 1 saturated carbocycles. The highest BCUT2D eigenvalue weighted by atomic mass is 16.2. The molecule has 1 saturated heterocycles. The predicted molar refractivity (Wildman–Crippen MR) is 89.2 cm³/mol. The minimum Gasteiger partial charge on any atom is -0.366 e. The van der Waals surface area contributed by atoms with Crippen molar-refractivity contribution in [1.29, 1.82) is 0 Å². The lowest BCUT2D eigenvalue weighted by atomic mass is 9.98. The molecule has 4 rings (SSSR count). The summed E-state index contributed by atoms with van der Waals surface area (Å²) in [6.45, 7) is 4.01. The standard InChI is InChI=1S/C17H22N6O/c1-12-19-6-7-22(12)11-17(24)23-9-13-2-3-15(14(13)10-23)21-16-8-18-4-5-20-16/h4-8,13-15H,2-3,9-11H2,1H3,(H,20,21)/t13-,14+,15-/m1/s1. The van der Waals surface area contributed by atoms with Gasteiger partial charge in [0.1, 0.15) is 18.2 Å². The molecule has 126 valence electrons. The molecule has 1 aliphatic heterocycles. The van der Waals surface area contributed by atoms with Crippen LogP contribution in [0.3, 0.4) is 0 Å². The van der Waals surface area contributed by atoms with Crippen molar-refractivity contribution in [3.8, 4) is 0 Å². The molecule has 0 unspecified atom stereocenters.